The monoisotopic (exact) mass is 464 g/mol. The molecule has 0 aliphatic carbocycles. The summed E-state index contributed by atoms with van der Waals surface area (Å²) < 4.78 is 0. The molecule has 1 aromatic carbocycles. The second-order valence-corrected chi connectivity index (χ2v) is 9.17. The fraction of sp³-hybridized carbons (Fsp3) is 0.565. The van der Waals surface area contributed by atoms with E-state index < -0.39 is 0 Å². The molecule has 0 aliphatic rings. The third-order valence-corrected chi connectivity index (χ3v) is 6.64. The van der Waals surface area contributed by atoms with Crippen LogP contribution in [0.5, 0.6) is 0 Å². The van der Waals surface area contributed by atoms with E-state index in [-0.39, 0.29) is 30.2 Å². The van der Waals surface area contributed by atoms with Gasteiger partial charge in [0.15, 0.2) is 0 Å². The highest BCUT2D eigenvalue weighted by atomic mass is 35.5. The molecule has 2 rings (SSSR count). The maximum absolute atomic E-state index is 13.1. The van der Waals surface area contributed by atoms with Crippen LogP contribution in [-0.4, -0.2) is 39.5 Å². The van der Waals surface area contributed by atoms with Gasteiger partial charge in [-0.2, -0.15) is 0 Å². The number of rotatable bonds is 12. The Hall–Kier alpha value is -1.99. The standard InChI is InChI=1S/C23H33ClN4O2S/c1-5-8-9-17(7-3)22(30)28(16(4)6-2)15-14-20(29)25-23-27-26-21(31-23)18-10-12-19(24)13-11-18/h10-13,16-17H,5-9,14-15H2,1-4H3,(H,25,27,29)/t16-,17-/m1/s1. The third-order valence-electron chi connectivity index (χ3n) is 5.50. The molecule has 2 aromatic rings. The van der Waals surface area contributed by atoms with Crippen LogP contribution in [0.1, 0.15) is 66.2 Å². The molecular formula is C23H33ClN4O2S. The topological polar surface area (TPSA) is 75.2 Å². The summed E-state index contributed by atoms with van der Waals surface area (Å²) in [6.07, 6.45) is 4.95. The SMILES string of the molecule is CCCC[C@@H](CC)C(=O)N(CCC(=O)Nc1nnc(-c2ccc(Cl)cc2)s1)[C@H](C)CC. The van der Waals surface area contributed by atoms with Gasteiger partial charge in [0, 0.05) is 35.5 Å². The maximum Gasteiger partial charge on any atom is 0.227 e. The van der Waals surface area contributed by atoms with E-state index in [0.29, 0.717) is 21.7 Å². The number of hydrogen-bond acceptors (Lipinski definition) is 5. The number of halogens is 1. The van der Waals surface area contributed by atoms with Crippen LogP contribution in [0.25, 0.3) is 10.6 Å². The Labute approximate surface area is 194 Å². The third kappa shape index (κ3) is 7.58. The fourth-order valence-electron chi connectivity index (χ4n) is 3.34. The fourth-order valence-corrected chi connectivity index (χ4v) is 4.23. The van der Waals surface area contributed by atoms with E-state index in [1.807, 2.05) is 24.0 Å². The van der Waals surface area contributed by atoms with E-state index in [9.17, 15) is 9.59 Å². The van der Waals surface area contributed by atoms with Crippen molar-refractivity contribution in [2.24, 2.45) is 5.92 Å². The molecule has 31 heavy (non-hydrogen) atoms. The van der Waals surface area contributed by atoms with Crippen LogP contribution < -0.4 is 5.32 Å². The minimum atomic E-state index is -0.165. The van der Waals surface area contributed by atoms with Crippen molar-refractivity contribution in [2.45, 2.75) is 72.3 Å². The van der Waals surface area contributed by atoms with Crippen LogP contribution in [0, 0.1) is 5.92 Å². The zero-order valence-corrected chi connectivity index (χ0v) is 20.4. The van der Waals surface area contributed by atoms with Crippen molar-refractivity contribution in [1.29, 1.82) is 0 Å². The van der Waals surface area contributed by atoms with E-state index in [1.54, 1.807) is 12.1 Å². The summed E-state index contributed by atoms with van der Waals surface area (Å²) in [5, 5.41) is 12.8. The molecule has 1 heterocycles. The molecule has 1 aromatic heterocycles. The predicted molar refractivity (Wildman–Crippen MR) is 128 cm³/mol. The Morgan fingerprint density at radius 3 is 2.45 bits per heavy atom. The Kier molecular flexibility index (Phi) is 10.4. The Morgan fingerprint density at radius 2 is 1.84 bits per heavy atom. The van der Waals surface area contributed by atoms with Gasteiger partial charge in [0.1, 0.15) is 5.01 Å². The minimum Gasteiger partial charge on any atom is -0.339 e. The van der Waals surface area contributed by atoms with Gasteiger partial charge in [-0.3, -0.25) is 9.59 Å². The van der Waals surface area contributed by atoms with E-state index in [1.165, 1.54) is 11.3 Å². The molecule has 0 saturated carbocycles. The average Bonchev–Trinajstić information content (AvgIpc) is 3.22. The Balaban J connectivity index is 1.96. The Morgan fingerprint density at radius 1 is 1.13 bits per heavy atom. The normalized spacial score (nSPS) is 12.9. The van der Waals surface area contributed by atoms with Gasteiger partial charge in [-0.15, -0.1) is 10.2 Å². The first-order chi connectivity index (χ1) is 14.9. The van der Waals surface area contributed by atoms with Crippen LogP contribution >= 0.6 is 22.9 Å². The quantitative estimate of drug-likeness (QED) is 0.416. The molecule has 0 saturated heterocycles. The van der Waals surface area contributed by atoms with Gasteiger partial charge in [-0.05, 0) is 38.3 Å². The predicted octanol–water partition coefficient (Wildman–Crippen LogP) is 6.03. The molecule has 0 radical (unpaired) electrons. The highest BCUT2D eigenvalue weighted by molar-refractivity contribution is 7.18. The molecule has 0 aliphatic heterocycles. The van der Waals surface area contributed by atoms with Crippen LogP contribution in [-0.2, 0) is 9.59 Å². The highest BCUT2D eigenvalue weighted by Crippen LogP contribution is 2.27. The number of benzene rings is 1. The zero-order valence-electron chi connectivity index (χ0n) is 18.9. The van der Waals surface area contributed by atoms with Crippen molar-refractivity contribution in [3.8, 4) is 10.6 Å². The lowest BCUT2D eigenvalue weighted by atomic mass is 9.96. The van der Waals surface area contributed by atoms with Crippen molar-refractivity contribution in [1.82, 2.24) is 15.1 Å². The molecule has 170 valence electrons. The number of hydrogen-bond donors (Lipinski definition) is 1. The maximum atomic E-state index is 13.1. The van der Waals surface area contributed by atoms with Gasteiger partial charge in [-0.1, -0.05) is 68.7 Å². The van der Waals surface area contributed by atoms with Gasteiger partial charge < -0.3 is 10.2 Å². The van der Waals surface area contributed by atoms with Gasteiger partial charge >= 0.3 is 0 Å². The lowest BCUT2D eigenvalue weighted by Gasteiger charge is -2.32. The lowest BCUT2D eigenvalue weighted by molar-refractivity contribution is -0.138. The molecule has 0 bridgehead atoms. The van der Waals surface area contributed by atoms with Crippen molar-refractivity contribution in [3.63, 3.8) is 0 Å². The van der Waals surface area contributed by atoms with Crippen molar-refractivity contribution in [2.75, 3.05) is 11.9 Å². The molecule has 6 nitrogen and oxygen atoms in total. The Bertz CT molecular complexity index is 840. The van der Waals surface area contributed by atoms with Gasteiger partial charge in [0.2, 0.25) is 16.9 Å². The molecule has 0 spiro atoms. The van der Waals surface area contributed by atoms with Gasteiger partial charge in [-0.25, -0.2) is 0 Å². The number of carbonyl (C=O) groups excluding carboxylic acids is 2. The molecule has 0 unspecified atom stereocenters. The average molecular weight is 465 g/mol. The highest BCUT2D eigenvalue weighted by Gasteiger charge is 2.26. The second-order valence-electron chi connectivity index (χ2n) is 7.75. The van der Waals surface area contributed by atoms with E-state index in [0.717, 1.165) is 37.7 Å². The number of carbonyl (C=O) groups is 2. The summed E-state index contributed by atoms with van der Waals surface area (Å²) >= 11 is 7.24. The van der Waals surface area contributed by atoms with Crippen molar-refractivity contribution < 1.29 is 9.59 Å². The van der Waals surface area contributed by atoms with Crippen LogP contribution in [0.4, 0.5) is 5.13 Å². The smallest absolute Gasteiger partial charge is 0.227 e. The first-order valence-corrected chi connectivity index (χ1v) is 12.3. The van der Waals surface area contributed by atoms with Crippen LogP contribution in [0.2, 0.25) is 5.02 Å². The first kappa shape index (κ1) is 25.3. The van der Waals surface area contributed by atoms with E-state index in [4.69, 9.17) is 11.6 Å². The van der Waals surface area contributed by atoms with Gasteiger partial charge in [0.05, 0.1) is 0 Å². The van der Waals surface area contributed by atoms with Crippen LogP contribution in [0.3, 0.4) is 0 Å². The summed E-state index contributed by atoms with van der Waals surface area (Å²) in [6, 6.07) is 7.43. The summed E-state index contributed by atoms with van der Waals surface area (Å²) in [7, 11) is 0. The summed E-state index contributed by atoms with van der Waals surface area (Å²) in [6.45, 7) is 8.72. The number of anilines is 1. The summed E-state index contributed by atoms with van der Waals surface area (Å²) in [5.41, 5.74) is 0.897. The minimum absolute atomic E-state index is 0.0297. The van der Waals surface area contributed by atoms with E-state index in [2.05, 4.69) is 36.3 Å². The van der Waals surface area contributed by atoms with Gasteiger partial charge in [0.25, 0.3) is 0 Å². The van der Waals surface area contributed by atoms with Crippen molar-refractivity contribution in [3.05, 3.63) is 29.3 Å². The van der Waals surface area contributed by atoms with Crippen molar-refractivity contribution >= 4 is 39.9 Å². The number of unbranched alkanes of at least 4 members (excludes halogenated alkanes) is 1. The molecular weight excluding hydrogens is 432 g/mol. The summed E-state index contributed by atoms with van der Waals surface area (Å²) in [5.74, 6) is 0.0302. The van der Waals surface area contributed by atoms with E-state index >= 15 is 0 Å². The second kappa shape index (κ2) is 12.8. The lowest BCUT2D eigenvalue weighted by Crippen LogP contribution is -2.43. The first-order valence-electron chi connectivity index (χ1n) is 11.1. The number of aromatic nitrogens is 2. The molecule has 2 atom stereocenters. The number of nitrogens with zero attached hydrogens (tertiary/aromatic N) is 3. The summed E-state index contributed by atoms with van der Waals surface area (Å²) in [4.78, 5) is 27.5. The molecule has 1 N–H and O–H groups in total. The number of amides is 2. The molecule has 8 heteroatoms. The number of nitrogens with one attached hydrogen (secondary N) is 1. The zero-order chi connectivity index (χ0) is 22.8. The van der Waals surface area contributed by atoms with Crippen LogP contribution in [0.15, 0.2) is 24.3 Å². The largest absolute Gasteiger partial charge is 0.339 e. The molecule has 0 fully saturated rings. The molecule has 2 amide bonds.